The van der Waals surface area contributed by atoms with E-state index in [2.05, 4.69) is 85.8 Å². The van der Waals surface area contributed by atoms with Crippen molar-refractivity contribution in [1.29, 1.82) is 0 Å². The monoisotopic (exact) mass is 427 g/mol. The third-order valence-corrected chi connectivity index (χ3v) is 7.15. The Balaban J connectivity index is 1.26. The number of hydrogen-bond acceptors (Lipinski definition) is 1. The first-order valence-electron chi connectivity index (χ1n) is 11.9. The summed E-state index contributed by atoms with van der Waals surface area (Å²) in [5.41, 5.74) is 5.15. The van der Waals surface area contributed by atoms with Crippen LogP contribution in [0.15, 0.2) is 84.9 Å². The molecule has 1 fully saturated rings. The molecule has 0 radical (unpaired) electrons. The van der Waals surface area contributed by atoms with Crippen molar-refractivity contribution in [2.45, 2.75) is 25.4 Å². The van der Waals surface area contributed by atoms with E-state index in [0.717, 1.165) is 38.3 Å². The Labute approximate surface area is 191 Å². The number of carbonyl (C=O) groups excluding carboxylic acids is 1. The number of rotatable bonds is 5. The molecule has 0 saturated carbocycles. The third kappa shape index (κ3) is 4.21. The number of benzene rings is 3. The summed E-state index contributed by atoms with van der Waals surface area (Å²) in [6, 6.07) is 30.7. The quantitative estimate of drug-likeness (QED) is 0.636. The van der Waals surface area contributed by atoms with Crippen molar-refractivity contribution in [2.24, 2.45) is 0 Å². The Kier molecular flexibility index (Phi) is 6.06. The molecule has 5 rings (SSSR count). The van der Waals surface area contributed by atoms with Gasteiger partial charge in [-0.05, 0) is 25.0 Å². The second kappa shape index (κ2) is 9.27. The number of carbonyl (C=O) groups is 1. The molecular weight excluding hydrogens is 394 g/mol. The van der Waals surface area contributed by atoms with Crippen LogP contribution in [0.1, 0.15) is 29.7 Å². The van der Waals surface area contributed by atoms with E-state index in [1.54, 1.807) is 4.90 Å². The highest BCUT2D eigenvalue weighted by Gasteiger charge is 2.36. The number of nitrogens with zero attached hydrogens (tertiary/aromatic N) is 1. The lowest BCUT2D eigenvalue weighted by Crippen LogP contribution is -3.28. The molecule has 32 heavy (non-hydrogen) atoms. The molecule has 0 aliphatic carbocycles. The Morgan fingerprint density at radius 2 is 1.41 bits per heavy atom. The largest absolute Gasteiger partial charge is 0.318 e. The van der Waals surface area contributed by atoms with Crippen molar-refractivity contribution in [3.8, 4) is 0 Å². The SMILES string of the molecule is C[C@H]1Cc2ccccc2N1C(=O)C[NH+]1CC[NH+](C(c2ccccc2)c2ccccc2)CC1. The van der Waals surface area contributed by atoms with Gasteiger partial charge in [0.2, 0.25) is 0 Å². The highest BCUT2D eigenvalue weighted by atomic mass is 16.2. The van der Waals surface area contributed by atoms with Gasteiger partial charge in [-0.2, -0.15) is 0 Å². The summed E-state index contributed by atoms with van der Waals surface area (Å²) in [4.78, 5) is 18.3. The van der Waals surface area contributed by atoms with Crippen molar-refractivity contribution in [2.75, 3.05) is 37.6 Å². The Morgan fingerprint density at radius 1 is 0.844 bits per heavy atom. The minimum absolute atomic E-state index is 0.256. The van der Waals surface area contributed by atoms with Gasteiger partial charge in [-0.15, -0.1) is 0 Å². The summed E-state index contributed by atoms with van der Waals surface area (Å²) in [5, 5.41) is 0. The molecule has 1 saturated heterocycles. The first-order valence-corrected chi connectivity index (χ1v) is 11.9. The van der Waals surface area contributed by atoms with Crippen LogP contribution < -0.4 is 14.7 Å². The topological polar surface area (TPSA) is 29.2 Å². The fraction of sp³-hybridized carbons (Fsp3) is 0.321. The number of para-hydroxylation sites is 1. The van der Waals surface area contributed by atoms with E-state index in [9.17, 15) is 4.79 Å². The van der Waals surface area contributed by atoms with Crippen molar-refractivity contribution in [1.82, 2.24) is 0 Å². The van der Waals surface area contributed by atoms with Gasteiger partial charge >= 0.3 is 0 Å². The normalized spacial score (nSPS) is 22.7. The molecule has 2 aliphatic rings. The highest BCUT2D eigenvalue weighted by molar-refractivity contribution is 5.96. The lowest BCUT2D eigenvalue weighted by atomic mass is 9.96. The summed E-state index contributed by atoms with van der Waals surface area (Å²) in [6.45, 7) is 6.96. The summed E-state index contributed by atoms with van der Waals surface area (Å²) >= 11 is 0. The van der Waals surface area contributed by atoms with Crippen LogP contribution in [0.25, 0.3) is 0 Å². The second-order valence-corrected chi connectivity index (χ2v) is 9.29. The third-order valence-electron chi connectivity index (χ3n) is 7.15. The van der Waals surface area contributed by atoms with Crippen LogP contribution in [0.4, 0.5) is 5.69 Å². The number of hydrogen-bond donors (Lipinski definition) is 2. The smallest absolute Gasteiger partial charge is 0.282 e. The molecule has 3 aromatic carbocycles. The summed E-state index contributed by atoms with van der Waals surface area (Å²) in [7, 11) is 0. The summed E-state index contributed by atoms with van der Waals surface area (Å²) in [6.07, 6.45) is 0.963. The molecule has 2 N–H and O–H groups in total. The average Bonchev–Trinajstić information content (AvgIpc) is 3.17. The van der Waals surface area contributed by atoms with E-state index in [4.69, 9.17) is 0 Å². The first kappa shape index (κ1) is 20.9. The molecule has 4 heteroatoms. The van der Waals surface area contributed by atoms with Crippen molar-refractivity contribution >= 4 is 11.6 Å². The molecule has 0 spiro atoms. The number of anilines is 1. The van der Waals surface area contributed by atoms with Crippen LogP contribution >= 0.6 is 0 Å². The molecule has 1 amide bonds. The number of nitrogens with one attached hydrogen (secondary N) is 2. The molecule has 0 aromatic heterocycles. The molecular formula is C28H33N3O+2. The zero-order chi connectivity index (χ0) is 21.9. The van der Waals surface area contributed by atoms with Crippen molar-refractivity contribution < 1.29 is 14.6 Å². The van der Waals surface area contributed by atoms with Gasteiger partial charge in [0, 0.05) is 22.9 Å². The number of amides is 1. The van der Waals surface area contributed by atoms with Gasteiger partial charge in [-0.1, -0.05) is 78.9 Å². The number of fused-ring (bicyclic) bond motifs is 1. The minimum Gasteiger partial charge on any atom is -0.318 e. The minimum atomic E-state index is 0.256. The highest BCUT2D eigenvalue weighted by Crippen LogP contribution is 2.31. The maximum absolute atomic E-state index is 13.2. The van der Waals surface area contributed by atoms with E-state index in [0.29, 0.717) is 12.6 Å². The van der Waals surface area contributed by atoms with Crippen LogP contribution in [0.3, 0.4) is 0 Å². The molecule has 3 aromatic rings. The lowest BCUT2D eigenvalue weighted by molar-refractivity contribution is -1.02. The second-order valence-electron chi connectivity index (χ2n) is 9.29. The van der Waals surface area contributed by atoms with Crippen LogP contribution in [0, 0.1) is 0 Å². The Bertz CT molecular complexity index is 1010. The van der Waals surface area contributed by atoms with Gasteiger partial charge in [0.15, 0.2) is 6.54 Å². The molecule has 2 aliphatic heterocycles. The van der Waals surface area contributed by atoms with Crippen LogP contribution in [-0.4, -0.2) is 44.7 Å². The summed E-state index contributed by atoms with van der Waals surface area (Å²) in [5.74, 6) is 0.267. The van der Waals surface area contributed by atoms with Crippen LogP contribution in [0.2, 0.25) is 0 Å². The maximum atomic E-state index is 13.2. The predicted molar refractivity (Wildman–Crippen MR) is 128 cm³/mol. The zero-order valence-electron chi connectivity index (χ0n) is 18.8. The lowest BCUT2D eigenvalue weighted by Gasteiger charge is -2.35. The molecule has 4 nitrogen and oxygen atoms in total. The number of piperazine rings is 1. The van der Waals surface area contributed by atoms with Gasteiger partial charge in [0.05, 0.1) is 0 Å². The van der Waals surface area contributed by atoms with E-state index >= 15 is 0 Å². The van der Waals surface area contributed by atoms with E-state index in [1.807, 2.05) is 11.0 Å². The molecule has 0 bridgehead atoms. The Morgan fingerprint density at radius 3 is 2.03 bits per heavy atom. The van der Waals surface area contributed by atoms with Crippen molar-refractivity contribution in [3.05, 3.63) is 102 Å². The fourth-order valence-electron chi connectivity index (χ4n) is 5.59. The van der Waals surface area contributed by atoms with Crippen molar-refractivity contribution in [3.63, 3.8) is 0 Å². The Hall–Kier alpha value is -2.95. The summed E-state index contributed by atoms with van der Waals surface area (Å²) < 4.78 is 0. The number of quaternary nitrogens is 2. The van der Waals surface area contributed by atoms with E-state index in [1.165, 1.54) is 21.6 Å². The maximum Gasteiger partial charge on any atom is 0.282 e. The van der Waals surface area contributed by atoms with Gasteiger partial charge in [-0.3, -0.25) is 4.79 Å². The first-order chi connectivity index (χ1) is 15.7. The molecule has 1 atom stereocenters. The van der Waals surface area contributed by atoms with Gasteiger partial charge in [-0.25, -0.2) is 0 Å². The molecule has 0 unspecified atom stereocenters. The molecule has 2 heterocycles. The van der Waals surface area contributed by atoms with Crippen LogP contribution in [-0.2, 0) is 11.2 Å². The van der Waals surface area contributed by atoms with Crippen LogP contribution in [0.5, 0.6) is 0 Å². The zero-order valence-corrected chi connectivity index (χ0v) is 18.8. The fourth-order valence-corrected chi connectivity index (χ4v) is 5.59. The van der Waals surface area contributed by atoms with E-state index in [-0.39, 0.29) is 11.9 Å². The molecule has 164 valence electrons. The average molecular weight is 428 g/mol. The van der Waals surface area contributed by atoms with Gasteiger partial charge in [0.1, 0.15) is 32.2 Å². The van der Waals surface area contributed by atoms with Gasteiger partial charge < -0.3 is 14.7 Å². The van der Waals surface area contributed by atoms with E-state index < -0.39 is 0 Å². The van der Waals surface area contributed by atoms with Gasteiger partial charge in [0.25, 0.3) is 5.91 Å². The predicted octanol–water partition coefficient (Wildman–Crippen LogP) is 1.54. The standard InChI is InChI=1S/C28H31N3O/c1-22-20-25-14-8-9-15-26(25)31(22)27(32)21-29-16-18-30(19-17-29)28(23-10-4-2-5-11-23)24-12-6-3-7-13-24/h2-15,22,28H,16-21H2,1H3/p+2/t22-/m0/s1.